The maximum atomic E-state index is 11.5. The first-order chi connectivity index (χ1) is 9.52. The minimum absolute atomic E-state index is 0.218. The molecular formula is C13H11Cl2N3O2. The summed E-state index contributed by atoms with van der Waals surface area (Å²) in [6, 6.07) is 6.29. The van der Waals surface area contributed by atoms with Gasteiger partial charge >= 0.3 is 0 Å². The van der Waals surface area contributed by atoms with Gasteiger partial charge in [-0.1, -0.05) is 23.2 Å². The molecule has 1 amide bonds. The molecule has 7 heteroatoms. The van der Waals surface area contributed by atoms with Gasteiger partial charge in [-0.25, -0.2) is 0 Å². The summed E-state index contributed by atoms with van der Waals surface area (Å²) in [6.45, 7) is 0. The summed E-state index contributed by atoms with van der Waals surface area (Å²) in [5.74, 6) is 0.460. The van der Waals surface area contributed by atoms with Gasteiger partial charge in [0.15, 0.2) is 0 Å². The van der Waals surface area contributed by atoms with Crippen molar-refractivity contribution < 1.29 is 9.53 Å². The molecule has 1 aromatic heterocycles. The predicted octanol–water partition coefficient (Wildman–Crippen LogP) is 3.12. The Bertz CT molecular complexity index is 662. The first-order valence-electron chi connectivity index (χ1n) is 5.62. The SMILES string of the molecule is CNC(=O)c1cc(Oc2ccc(Cl)c(N)c2Cl)ccn1. The van der Waals surface area contributed by atoms with Crippen LogP contribution in [0.2, 0.25) is 10.0 Å². The van der Waals surface area contributed by atoms with E-state index >= 15 is 0 Å². The summed E-state index contributed by atoms with van der Waals surface area (Å²) in [5.41, 5.74) is 6.20. The molecule has 2 rings (SSSR count). The number of nitrogens with two attached hydrogens (primary N) is 1. The van der Waals surface area contributed by atoms with Crippen molar-refractivity contribution in [2.45, 2.75) is 0 Å². The Labute approximate surface area is 125 Å². The summed E-state index contributed by atoms with van der Waals surface area (Å²) in [5, 5.41) is 3.05. The van der Waals surface area contributed by atoms with Crippen molar-refractivity contribution in [1.29, 1.82) is 0 Å². The first-order valence-corrected chi connectivity index (χ1v) is 6.38. The molecule has 0 aliphatic heterocycles. The Hall–Kier alpha value is -1.98. The van der Waals surface area contributed by atoms with Crippen LogP contribution in [0, 0.1) is 0 Å². The Balaban J connectivity index is 2.31. The van der Waals surface area contributed by atoms with E-state index in [4.69, 9.17) is 33.7 Å². The largest absolute Gasteiger partial charge is 0.456 e. The second-order valence-corrected chi connectivity index (χ2v) is 4.62. The third-order valence-corrected chi connectivity index (χ3v) is 3.23. The number of anilines is 1. The maximum absolute atomic E-state index is 11.5. The van der Waals surface area contributed by atoms with Crippen molar-refractivity contribution in [2.24, 2.45) is 0 Å². The zero-order valence-electron chi connectivity index (χ0n) is 10.5. The number of carbonyl (C=O) groups excluding carboxylic acids is 1. The van der Waals surface area contributed by atoms with Gasteiger partial charge in [-0.3, -0.25) is 9.78 Å². The van der Waals surface area contributed by atoms with E-state index < -0.39 is 0 Å². The molecule has 0 saturated carbocycles. The molecule has 104 valence electrons. The number of pyridine rings is 1. The van der Waals surface area contributed by atoms with E-state index in [2.05, 4.69) is 10.3 Å². The molecule has 0 aliphatic rings. The lowest BCUT2D eigenvalue weighted by Crippen LogP contribution is -2.18. The van der Waals surface area contributed by atoms with Crippen LogP contribution in [0.25, 0.3) is 0 Å². The highest BCUT2D eigenvalue weighted by Crippen LogP contribution is 2.37. The van der Waals surface area contributed by atoms with Crippen molar-refractivity contribution in [3.8, 4) is 11.5 Å². The number of nitrogen functional groups attached to an aromatic ring is 1. The number of aromatic nitrogens is 1. The molecule has 0 bridgehead atoms. The summed E-state index contributed by atoms with van der Waals surface area (Å²) in [4.78, 5) is 15.4. The topological polar surface area (TPSA) is 77.2 Å². The highest BCUT2D eigenvalue weighted by molar-refractivity contribution is 6.39. The molecule has 0 spiro atoms. The monoisotopic (exact) mass is 311 g/mol. The van der Waals surface area contributed by atoms with Crippen LogP contribution in [-0.4, -0.2) is 17.9 Å². The van der Waals surface area contributed by atoms with Crippen LogP contribution in [-0.2, 0) is 0 Å². The number of amides is 1. The van der Waals surface area contributed by atoms with Gasteiger partial charge < -0.3 is 15.8 Å². The quantitative estimate of drug-likeness (QED) is 0.854. The third-order valence-electron chi connectivity index (χ3n) is 2.51. The number of ether oxygens (including phenoxy) is 1. The van der Waals surface area contributed by atoms with Crippen molar-refractivity contribution in [3.63, 3.8) is 0 Å². The highest BCUT2D eigenvalue weighted by Gasteiger charge is 2.11. The van der Waals surface area contributed by atoms with E-state index in [1.165, 1.54) is 19.3 Å². The standard InChI is InChI=1S/C13H11Cl2N3O2/c1-17-13(19)9-6-7(4-5-18-9)20-10-3-2-8(14)12(16)11(10)15/h2-6H,16H2,1H3,(H,17,19). The van der Waals surface area contributed by atoms with Gasteiger partial charge in [-0.05, 0) is 18.2 Å². The van der Waals surface area contributed by atoms with Crippen LogP contribution in [0.4, 0.5) is 5.69 Å². The molecule has 0 fully saturated rings. The maximum Gasteiger partial charge on any atom is 0.269 e. The van der Waals surface area contributed by atoms with Crippen molar-refractivity contribution >= 4 is 34.8 Å². The Morgan fingerprint density at radius 3 is 2.80 bits per heavy atom. The van der Waals surface area contributed by atoms with E-state index in [0.717, 1.165) is 0 Å². The number of carbonyl (C=O) groups is 1. The van der Waals surface area contributed by atoms with Gasteiger partial charge in [0.1, 0.15) is 22.2 Å². The van der Waals surface area contributed by atoms with Gasteiger partial charge in [0.05, 0.1) is 10.7 Å². The number of rotatable bonds is 3. The van der Waals surface area contributed by atoms with Gasteiger partial charge in [0, 0.05) is 19.3 Å². The second kappa shape index (κ2) is 5.98. The van der Waals surface area contributed by atoms with Crippen LogP contribution < -0.4 is 15.8 Å². The van der Waals surface area contributed by atoms with Crippen LogP contribution >= 0.6 is 23.2 Å². The number of halogens is 2. The smallest absolute Gasteiger partial charge is 0.269 e. The zero-order valence-corrected chi connectivity index (χ0v) is 12.0. The fourth-order valence-electron chi connectivity index (χ4n) is 1.48. The third kappa shape index (κ3) is 2.95. The normalized spacial score (nSPS) is 10.2. The zero-order chi connectivity index (χ0) is 14.7. The molecule has 3 N–H and O–H groups in total. The number of nitrogens with one attached hydrogen (secondary N) is 1. The molecule has 5 nitrogen and oxygen atoms in total. The average molecular weight is 312 g/mol. The molecule has 0 radical (unpaired) electrons. The Morgan fingerprint density at radius 1 is 1.35 bits per heavy atom. The van der Waals surface area contributed by atoms with Crippen LogP contribution in [0.3, 0.4) is 0 Å². The van der Waals surface area contributed by atoms with Crippen LogP contribution in [0.15, 0.2) is 30.5 Å². The summed E-state index contributed by atoms with van der Waals surface area (Å²) in [6.07, 6.45) is 1.47. The van der Waals surface area contributed by atoms with E-state index in [0.29, 0.717) is 16.5 Å². The summed E-state index contributed by atoms with van der Waals surface area (Å²) < 4.78 is 5.59. The van der Waals surface area contributed by atoms with Crippen LogP contribution in [0.1, 0.15) is 10.5 Å². The molecule has 20 heavy (non-hydrogen) atoms. The Kier molecular flexibility index (Phi) is 4.32. The molecule has 1 heterocycles. The first kappa shape index (κ1) is 14.4. The minimum atomic E-state index is -0.308. The molecule has 1 aromatic carbocycles. The lowest BCUT2D eigenvalue weighted by molar-refractivity contribution is 0.0958. The van der Waals surface area contributed by atoms with Crippen molar-refractivity contribution in [1.82, 2.24) is 10.3 Å². The Morgan fingerprint density at radius 2 is 2.10 bits per heavy atom. The lowest BCUT2D eigenvalue weighted by Gasteiger charge is -2.10. The number of hydrogen-bond donors (Lipinski definition) is 2. The molecular weight excluding hydrogens is 301 g/mol. The van der Waals surface area contributed by atoms with Gasteiger partial charge in [0.2, 0.25) is 0 Å². The number of hydrogen-bond acceptors (Lipinski definition) is 4. The fraction of sp³-hybridized carbons (Fsp3) is 0.0769. The molecule has 0 atom stereocenters. The van der Waals surface area contributed by atoms with Gasteiger partial charge in [0.25, 0.3) is 5.91 Å². The average Bonchev–Trinajstić information content (AvgIpc) is 2.47. The van der Waals surface area contributed by atoms with Crippen molar-refractivity contribution in [2.75, 3.05) is 12.8 Å². The lowest BCUT2D eigenvalue weighted by atomic mass is 10.3. The summed E-state index contributed by atoms with van der Waals surface area (Å²) in [7, 11) is 1.52. The highest BCUT2D eigenvalue weighted by atomic mass is 35.5. The van der Waals surface area contributed by atoms with Gasteiger partial charge in [-0.15, -0.1) is 0 Å². The van der Waals surface area contributed by atoms with E-state index in [1.54, 1.807) is 18.2 Å². The minimum Gasteiger partial charge on any atom is -0.456 e. The predicted molar refractivity (Wildman–Crippen MR) is 78.6 cm³/mol. The molecule has 0 unspecified atom stereocenters. The summed E-state index contributed by atoms with van der Waals surface area (Å²) >= 11 is 11.9. The van der Waals surface area contributed by atoms with Crippen molar-refractivity contribution in [3.05, 3.63) is 46.2 Å². The van der Waals surface area contributed by atoms with E-state index in [-0.39, 0.29) is 22.3 Å². The van der Waals surface area contributed by atoms with Crippen LogP contribution in [0.5, 0.6) is 11.5 Å². The number of nitrogens with zero attached hydrogens (tertiary/aromatic N) is 1. The second-order valence-electron chi connectivity index (χ2n) is 3.83. The van der Waals surface area contributed by atoms with E-state index in [1.807, 2.05) is 0 Å². The molecule has 0 aliphatic carbocycles. The molecule has 2 aromatic rings. The number of benzene rings is 1. The fourth-order valence-corrected chi connectivity index (χ4v) is 1.89. The molecule has 0 saturated heterocycles. The van der Waals surface area contributed by atoms with Gasteiger partial charge in [-0.2, -0.15) is 0 Å². The van der Waals surface area contributed by atoms with E-state index in [9.17, 15) is 4.79 Å².